The molecule has 0 bridgehead atoms. The zero-order valence-corrected chi connectivity index (χ0v) is 14.8. The number of para-hydroxylation sites is 1. The van der Waals surface area contributed by atoms with Crippen LogP contribution in [0.5, 0.6) is 11.5 Å². The monoisotopic (exact) mass is 368 g/mol. The van der Waals surface area contributed by atoms with Gasteiger partial charge in [0.15, 0.2) is 18.1 Å². The molecule has 7 nitrogen and oxygen atoms in total. The summed E-state index contributed by atoms with van der Waals surface area (Å²) >= 11 is 0. The van der Waals surface area contributed by atoms with Gasteiger partial charge in [0.05, 0.1) is 12.7 Å². The molecule has 2 N–H and O–H groups in total. The number of nitrogens with one attached hydrogen (secondary N) is 1. The largest absolute Gasteiger partial charge is 0.493 e. The molecular weight excluding hydrogens is 348 g/mol. The first-order chi connectivity index (χ1) is 13.1. The Kier molecular flexibility index (Phi) is 4.35. The van der Waals surface area contributed by atoms with E-state index in [9.17, 15) is 9.59 Å². The molecule has 4 rings (SSSR count). The standard InChI is InChI=1S/C20H20N2O5/c1-26-17-10-12(6-9-16(17)27-11-18(23)24)19-21-15-5-3-2-4-14(15)20(25)22(19)13-7-8-13/h2-6,9-10,13,19,21H,7-8,11H2,1H3,(H,23,24)/t19-/m1/s1. The summed E-state index contributed by atoms with van der Waals surface area (Å²) in [4.78, 5) is 25.7. The molecule has 1 fully saturated rings. The zero-order chi connectivity index (χ0) is 19.0. The molecule has 2 aliphatic rings. The minimum atomic E-state index is -1.06. The van der Waals surface area contributed by atoms with Gasteiger partial charge >= 0.3 is 5.97 Å². The molecular formula is C20H20N2O5. The topological polar surface area (TPSA) is 88.1 Å². The normalized spacial score (nSPS) is 18.5. The van der Waals surface area contributed by atoms with Crippen molar-refractivity contribution < 1.29 is 24.2 Å². The molecule has 140 valence electrons. The summed E-state index contributed by atoms with van der Waals surface area (Å²) in [5, 5.41) is 12.3. The third-order valence-electron chi connectivity index (χ3n) is 4.76. The van der Waals surface area contributed by atoms with E-state index in [1.165, 1.54) is 7.11 Å². The lowest BCUT2D eigenvalue weighted by atomic mass is 10.0. The van der Waals surface area contributed by atoms with Crippen LogP contribution < -0.4 is 14.8 Å². The van der Waals surface area contributed by atoms with Gasteiger partial charge in [-0.1, -0.05) is 18.2 Å². The number of benzene rings is 2. The van der Waals surface area contributed by atoms with Crippen LogP contribution >= 0.6 is 0 Å². The summed E-state index contributed by atoms with van der Waals surface area (Å²) in [5.74, 6) is -0.263. The molecule has 1 saturated carbocycles. The number of aliphatic carboxylic acids is 1. The summed E-state index contributed by atoms with van der Waals surface area (Å²) in [6.07, 6.45) is 1.66. The minimum absolute atomic E-state index is 0.0158. The van der Waals surface area contributed by atoms with Gasteiger partial charge in [-0.25, -0.2) is 4.79 Å². The van der Waals surface area contributed by atoms with Gasteiger partial charge in [-0.2, -0.15) is 0 Å². The van der Waals surface area contributed by atoms with Crippen LogP contribution in [0.2, 0.25) is 0 Å². The molecule has 1 aliphatic heterocycles. The van der Waals surface area contributed by atoms with Crippen LogP contribution in [0.15, 0.2) is 42.5 Å². The highest BCUT2D eigenvalue weighted by molar-refractivity contribution is 6.02. The van der Waals surface area contributed by atoms with Crippen molar-refractivity contribution in [1.29, 1.82) is 0 Å². The first-order valence-electron chi connectivity index (χ1n) is 8.79. The van der Waals surface area contributed by atoms with E-state index in [-0.39, 0.29) is 18.1 Å². The fraction of sp³-hybridized carbons (Fsp3) is 0.300. The van der Waals surface area contributed by atoms with E-state index in [0.29, 0.717) is 17.1 Å². The number of anilines is 1. The molecule has 0 unspecified atom stereocenters. The van der Waals surface area contributed by atoms with Crippen LogP contribution in [0, 0.1) is 0 Å². The Morgan fingerprint density at radius 2 is 2.00 bits per heavy atom. The Morgan fingerprint density at radius 1 is 1.22 bits per heavy atom. The molecule has 0 spiro atoms. The number of amides is 1. The van der Waals surface area contributed by atoms with Crippen LogP contribution in [-0.4, -0.2) is 41.6 Å². The quantitative estimate of drug-likeness (QED) is 0.815. The van der Waals surface area contributed by atoms with Crippen LogP contribution in [0.1, 0.15) is 34.9 Å². The fourth-order valence-corrected chi connectivity index (χ4v) is 3.35. The average Bonchev–Trinajstić information content (AvgIpc) is 3.51. The molecule has 1 aliphatic carbocycles. The number of carbonyl (C=O) groups is 2. The van der Waals surface area contributed by atoms with Crippen molar-refractivity contribution in [2.75, 3.05) is 19.0 Å². The maximum atomic E-state index is 13.0. The van der Waals surface area contributed by atoms with E-state index in [1.807, 2.05) is 35.2 Å². The number of rotatable bonds is 6. The van der Waals surface area contributed by atoms with Crippen molar-refractivity contribution in [3.05, 3.63) is 53.6 Å². The SMILES string of the molecule is COc1cc([C@@H]2Nc3ccccc3C(=O)N2C2CC2)ccc1OCC(=O)O. The molecule has 7 heteroatoms. The van der Waals surface area contributed by atoms with Crippen molar-refractivity contribution >= 4 is 17.6 Å². The molecule has 2 aromatic rings. The van der Waals surface area contributed by atoms with E-state index in [1.54, 1.807) is 12.1 Å². The van der Waals surface area contributed by atoms with Gasteiger partial charge in [0, 0.05) is 11.7 Å². The summed E-state index contributed by atoms with van der Waals surface area (Å²) in [6.45, 7) is -0.447. The first-order valence-corrected chi connectivity index (χ1v) is 8.79. The van der Waals surface area contributed by atoms with Gasteiger partial charge in [-0.05, 0) is 42.7 Å². The Hall–Kier alpha value is -3.22. The van der Waals surface area contributed by atoms with E-state index >= 15 is 0 Å². The molecule has 27 heavy (non-hydrogen) atoms. The highest BCUT2D eigenvalue weighted by Gasteiger charge is 2.42. The number of fused-ring (bicyclic) bond motifs is 1. The predicted octanol–water partition coefficient (Wildman–Crippen LogP) is 2.89. The van der Waals surface area contributed by atoms with Gasteiger partial charge in [-0.3, -0.25) is 4.79 Å². The lowest BCUT2D eigenvalue weighted by molar-refractivity contribution is -0.139. The van der Waals surface area contributed by atoms with Crippen LogP contribution in [0.3, 0.4) is 0 Å². The second kappa shape index (κ2) is 6.83. The molecule has 2 aromatic carbocycles. The Morgan fingerprint density at radius 3 is 2.70 bits per heavy atom. The number of nitrogens with zero attached hydrogens (tertiary/aromatic N) is 1. The maximum Gasteiger partial charge on any atom is 0.341 e. The van der Waals surface area contributed by atoms with Gasteiger partial charge in [0.2, 0.25) is 0 Å². The van der Waals surface area contributed by atoms with Crippen molar-refractivity contribution in [2.45, 2.75) is 25.0 Å². The Bertz CT molecular complexity index is 894. The van der Waals surface area contributed by atoms with E-state index < -0.39 is 12.6 Å². The first kappa shape index (κ1) is 17.2. The lowest BCUT2D eigenvalue weighted by Gasteiger charge is -2.38. The Balaban J connectivity index is 1.69. The minimum Gasteiger partial charge on any atom is -0.493 e. The number of carbonyl (C=O) groups excluding carboxylic acids is 1. The lowest BCUT2D eigenvalue weighted by Crippen LogP contribution is -2.44. The third kappa shape index (κ3) is 3.28. The van der Waals surface area contributed by atoms with Gasteiger partial charge in [-0.15, -0.1) is 0 Å². The molecule has 1 atom stereocenters. The third-order valence-corrected chi connectivity index (χ3v) is 4.76. The maximum absolute atomic E-state index is 13.0. The van der Waals surface area contributed by atoms with E-state index in [4.69, 9.17) is 14.6 Å². The summed E-state index contributed by atoms with van der Waals surface area (Å²) in [5.41, 5.74) is 2.33. The number of hydrogen-bond donors (Lipinski definition) is 2. The highest BCUT2D eigenvalue weighted by atomic mass is 16.5. The average molecular weight is 368 g/mol. The van der Waals surface area contributed by atoms with Crippen molar-refractivity contribution in [3.63, 3.8) is 0 Å². The molecule has 0 aromatic heterocycles. The van der Waals surface area contributed by atoms with Gasteiger partial charge in [0.25, 0.3) is 5.91 Å². The second-order valence-corrected chi connectivity index (χ2v) is 6.63. The Labute approximate surface area is 156 Å². The smallest absolute Gasteiger partial charge is 0.341 e. The molecule has 0 saturated heterocycles. The summed E-state index contributed by atoms with van der Waals surface area (Å²) < 4.78 is 10.6. The second-order valence-electron chi connectivity index (χ2n) is 6.63. The predicted molar refractivity (Wildman–Crippen MR) is 98.1 cm³/mol. The van der Waals surface area contributed by atoms with E-state index in [2.05, 4.69) is 5.32 Å². The molecule has 0 radical (unpaired) electrons. The summed E-state index contributed by atoms with van der Waals surface area (Å²) in [6, 6.07) is 13.0. The number of carboxylic acids is 1. The van der Waals surface area contributed by atoms with Crippen molar-refractivity contribution in [3.8, 4) is 11.5 Å². The van der Waals surface area contributed by atoms with Gasteiger partial charge in [0.1, 0.15) is 6.17 Å². The number of methoxy groups -OCH3 is 1. The zero-order valence-electron chi connectivity index (χ0n) is 14.8. The van der Waals surface area contributed by atoms with E-state index in [0.717, 1.165) is 24.1 Å². The van der Waals surface area contributed by atoms with Crippen LogP contribution in [0.25, 0.3) is 0 Å². The highest BCUT2D eigenvalue weighted by Crippen LogP contribution is 2.42. The van der Waals surface area contributed by atoms with Gasteiger partial charge < -0.3 is 24.8 Å². The fourth-order valence-electron chi connectivity index (χ4n) is 3.35. The number of hydrogen-bond acceptors (Lipinski definition) is 5. The number of ether oxygens (including phenoxy) is 2. The van der Waals surface area contributed by atoms with Crippen LogP contribution in [0.4, 0.5) is 5.69 Å². The number of carboxylic acid groups (broad SMARTS) is 1. The van der Waals surface area contributed by atoms with Crippen molar-refractivity contribution in [2.24, 2.45) is 0 Å². The molecule has 1 heterocycles. The molecule has 1 amide bonds. The van der Waals surface area contributed by atoms with Crippen molar-refractivity contribution in [1.82, 2.24) is 4.90 Å². The van der Waals surface area contributed by atoms with Crippen LogP contribution in [-0.2, 0) is 4.79 Å². The summed E-state index contributed by atoms with van der Waals surface area (Å²) in [7, 11) is 1.50.